The average Bonchev–Trinajstić information content (AvgIpc) is 2.99. The minimum atomic E-state index is -3.05. The lowest BCUT2D eigenvalue weighted by molar-refractivity contribution is 0.0741. The molecule has 2 aromatic rings. The van der Waals surface area contributed by atoms with Gasteiger partial charge in [-0.15, -0.1) is 0 Å². The summed E-state index contributed by atoms with van der Waals surface area (Å²) in [5.74, 6) is 0.905. The lowest BCUT2D eigenvalue weighted by Gasteiger charge is -2.23. The zero-order valence-electron chi connectivity index (χ0n) is 15.8. The van der Waals surface area contributed by atoms with Gasteiger partial charge in [-0.1, -0.05) is 24.3 Å². The second-order valence-corrected chi connectivity index (χ2v) is 9.17. The molecule has 1 atom stereocenters. The van der Waals surface area contributed by atoms with Crippen LogP contribution in [0.25, 0.3) is 0 Å². The van der Waals surface area contributed by atoms with E-state index in [1.54, 1.807) is 20.0 Å². The van der Waals surface area contributed by atoms with Gasteiger partial charge in [-0.05, 0) is 31.4 Å². The van der Waals surface area contributed by atoms with Crippen molar-refractivity contribution in [3.8, 4) is 0 Å². The molecular formula is C19H24N4O3S. The van der Waals surface area contributed by atoms with Crippen LogP contribution in [0.5, 0.6) is 0 Å². The van der Waals surface area contributed by atoms with Crippen LogP contribution >= 0.6 is 0 Å². The van der Waals surface area contributed by atoms with Crippen LogP contribution in [0.15, 0.2) is 30.3 Å². The molecular weight excluding hydrogens is 364 g/mol. The zero-order chi connectivity index (χ0) is 19.6. The minimum absolute atomic E-state index is 0.0116. The Kier molecular flexibility index (Phi) is 5.46. The summed E-state index contributed by atoms with van der Waals surface area (Å²) in [6.07, 6.45) is 0.465. The van der Waals surface area contributed by atoms with Gasteiger partial charge < -0.3 is 10.2 Å². The first-order valence-corrected chi connectivity index (χ1v) is 10.7. The molecule has 7 nitrogen and oxygen atoms in total. The number of benzene rings is 1. The molecule has 1 saturated heterocycles. The Hall–Kier alpha value is -2.48. The Morgan fingerprint density at radius 2 is 2.00 bits per heavy atom. The van der Waals surface area contributed by atoms with Crippen LogP contribution in [-0.2, 0) is 16.4 Å². The summed E-state index contributed by atoms with van der Waals surface area (Å²) in [5, 5.41) is 3.24. The fourth-order valence-corrected chi connectivity index (χ4v) is 4.96. The number of hydrogen-bond acceptors (Lipinski definition) is 6. The molecule has 0 radical (unpaired) electrons. The summed E-state index contributed by atoms with van der Waals surface area (Å²) in [5.41, 5.74) is 2.59. The third kappa shape index (κ3) is 4.63. The number of carbonyl (C=O) groups is 1. The number of nitrogens with zero attached hydrogens (tertiary/aromatic N) is 3. The number of sulfone groups is 1. The molecule has 1 aliphatic heterocycles. The predicted octanol–water partition coefficient (Wildman–Crippen LogP) is 1.96. The Bertz CT molecular complexity index is 959. The molecule has 3 rings (SSSR count). The zero-order valence-corrected chi connectivity index (χ0v) is 16.6. The summed E-state index contributed by atoms with van der Waals surface area (Å²) in [6.45, 7) is 4.37. The van der Waals surface area contributed by atoms with Crippen molar-refractivity contribution in [1.29, 1.82) is 0 Å². The van der Waals surface area contributed by atoms with Gasteiger partial charge in [0, 0.05) is 25.7 Å². The number of rotatable bonds is 5. The van der Waals surface area contributed by atoms with Gasteiger partial charge in [0.2, 0.25) is 0 Å². The molecule has 0 aliphatic carbocycles. The largest absolute Gasteiger partial charge is 0.366 e. The Balaban J connectivity index is 1.74. The van der Waals surface area contributed by atoms with Crippen LogP contribution in [0, 0.1) is 13.8 Å². The summed E-state index contributed by atoms with van der Waals surface area (Å²) in [4.78, 5) is 22.9. The number of anilines is 1. The first-order valence-electron chi connectivity index (χ1n) is 8.87. The van der Waals surface area contributed by atoms with E-state index in [9.17, 15) is 13.2 Å². The third-order valence-electron chi connectivity index (χ3n) is 4.85. The molecule has 1 unspecified atom stereocenters. The van der Waals surface area contributed by atoms with Crippen molar-refractivity contribution in [3.63, 3.8) is 0 Å². The number of aryl methyl sites for hydroxylation is 2. The summed E-state index contributed by atoms with van der Waals surface area (Å²) in [6, 6.07) is 9.37. The predicted molar refractivity (Wildman–Crippen MR) is 104 cm³/mol. The fraction of sp³-hybridized carbons (Fsp3) is 0.421. The van der Waals surface area contributed by atoms with Crippen LogP contribution in [0.4, 0.5) is 5.82 Å². The van der Waals surface area contributed by atoms with Crippen molar-refractivity contribution in [2.24, 2.45) is 0 Å². The number of nitrogens with one attached hydrogen (secondary N) is 1. The monoisotopic (exact) mass is 388 g/mol. The van der Waals surface area contributed by atoms with Gasteiger partial charge >= 0.3 is 0 Å². The Morgan fingerprint density at radius 3 is 2.67 bits per heavy atom. The Morgan fingerprint density at radius 1 is 1.26 bits per heavy atom. The molecule has 0 bridgehead atoms. The summed E-state index contributed by atoms with van der Waals surface area (Å²) >= 11 is 0. The standard InChI is InChI=1S/C19H24N4O3S/c1-13-6-4-5-7-15(13)11-20-18-10-17(21-14(2)22-18)19(24)23(3)16-8-9-27(25,26)12-16/h4-7,10,16H,8-9,11-12H2,1-3H3,(H,20,21,22). The SMILES string of the molecule is Cc1nc(NCc2ccccc2C)cc(C(=O)N(C)C2CCS(=O)(=O)C2)n1. The summed E-state index contributed by atoms with van der Waals surface area (Å²) in [7, 11) is -1.42. The minimum Gasteiger partial charge on any atom is -0.366 e. The maximum Gasteiger partial charge on any atom is 0.272 e. The maximum absolute atomic E-state index is 12.8. The van der Waals surface area contributed by atoms with Gasteiger partial charge in [0.1, 0.15) is 17.3 Å². The van der Waals surface area contributed by atoms with Crippen molar-refractivity contribution in [2.45, 2.75) is 32.9 Å². The lowest BCUT2D eigenvalue weighted by Crippen LogP contribution is -2.38. The highest BCUT2D eigenvalue weighted by Gasteiger charge is 2.33. The van der Waals surface area contributed by atoms with E-state index in [4.69, 9.17) is 0 Å². The highest BCUT2D eigenvalue weighted by atomic mass is 32.2. The molecule has 8 heteroatoms. The molecule has 27 heavy (non-hydrogen) atoms. The highest BCUT2D eigenvalue weighted by Crippen LogP contribution is 2.19. The van der Waals surface area contributed by atoms with Crippen molar-refractivity contribution >= 4 is 21.6 Å². The molecule has 1 aliphatic rings. The normalized spacial score (nSPS) is 18.3. The smallest absolute Gasteiger partial charge is 0.272 e. The number of aromatic nitrogens is 2. The van der Waals surface area contributed by atoms with E-state index >= 15 is 0 Å². The van der Waals surface area contributed by atoms with Crippen LogP contribution in [0.1, 0.15) is 33.9 Å². The first-order chi connectivity index (χ1) is 12.7. The van der Waals surface area contributed by atoms with E-state index in [0.717, 1.165) is 5.56 Å². The second-order valence-electron chi connectivity index (χ2n) is 6.94. The van der Waals surface area contributed by atoms with Gasteiger partial charge in [0.15, 0.2) is 9.84 Å². The van der Waals surface area contributed by atoms with Gasteiger partial charge in [-0.25, -0.2) is 18.4 Å². The van der Waals surface area contributed by atoms with Crippen molar-refractivity contribution in [2.75, 3.05) is 23.9 Å². The van der Waals surface area contributed by atoms with E-state index in [2.05, 4.69) is 15.3 Å². The van der Waals surface area contributed by atoms with Gasteiger partial charge in [-0.3, -0.25) is 4.79 Å². The molecule has 0 spiro atoms. The van der Waals surface area contributed by atoms with E-state index < -0.39 is 9.84 Å². The van der Waals surface area contributed by atoms with Crippen LogP contribution in [0.3, 0.4) is 0 Å². The fourth-order valence-electron chi connectivity index (χ4n) is 3.19. The molecule has 1 fully saturated rings. The van der Waals surface area contributed by atoms with Crippen LogP contribution < -0.4 is 5.32 Å². The lowest BCUT2D eigenvalue weighted by atomic mass is 10.1. The topological polar surface area (TPSA) is 92.3 Å². The van der Waals surface area contributed by atoms with E-state index in [0.29, 0.717) is 24.6 Å². The van der Waals surface area contributed by atoms with E-state index in [1.807, 2.05) is 31.2 Å². The Labute approximate surface area is 159 Å². The van der Waals surface area contributed by atoms with Crippen LogP contribution in [0.2, 0.25) is 0 Å². The maximum atomic E-state index is 12.8. The van der Waals surface area contributed by atoms with Gasteiger partial charge in [-0.2, -0.15) is 0 Å². The first kappa shape index (κ1) is 19.3. The van der Waals surface area contributed by atoms with E-state index in [-0.39, 0.29) is 29.1 Å². The van der Waals surface area contributed by atoms with Crippen molar-refractivity contribution in [1.82, 2.24) is 14.9 Å². The molecule has 144 valence electrons. The quantitative estimate of drug-likeness (QED) is 0.842. The van der Waals surface area contributed by atoms with Crippen molar-refractivity contribution in [3.05, 3.63) is 53.0 Å². The van der Waals surface area contributed by atoms with Gasteiger partial charge in [0.05, 0.1) is 11.5 Å². The average molecular weight is 388 g/mol. The van der Waals surface area contributed by atoms with Crippen LogP contribution in [-0.4, -0.2) is 53.8 Å². The number of amides is 1. The molecule has 1 aromatic carbocycles. The molecule has 1 amide bonds. The third-order valence-corrected chi connectivity index (χ3v) is 6.61. The highest BCUT2D eigenvalue weighted by molar-refractivity contribution is 7.91. The molecule has 0 saturated carbocycles. The molecule has 1 aromatic heterocycles. The van der Waals surface area contributed by atoms with Crippen molar-refractivity contribution < 1.29 is 13.2 Å². The second kappa shape index (κ2) is 7.64. The molecule has 2 heterocycles. The van der Waals surface area contributed by atoms with E-state index in [1.165, 1.54) is 10.5 Å². The molecule has 1 N–H and O–H groups in total. The number of hydrogen-bond donors (Lipinski definition) is 1. The summed E-state index contributed by atoms with van der Waals surface area (Å²) < 4.78 is 23.4. The number of carbonyl (C=O) groups excluding carboxylic acids is 1. The van der Waals surface area contributed by atoms with Gasteiger partial charge in [0.25, 0.3) is 5.91 Å².